The molecule has 1 saturated carbocycles. The van der Waals surface area contributed by atoms with Crippen LogP contribution in [0.25, 0.3) is 0 Å². The normalized spacial score (nSPS) is 17.4. The van der Waals surface area contributed by atoms with Crippen LogP contribution in [0, 0.1) is 5.92 Å². The molecule has 1 nitrogen and oxygen atoms in total. The topological polar surface area (TPSA) is 12.0 Å². The van der Waals surface area contributed by atoms with Crippen LogP contribution in [-0.2, 0) is 0 Å². The van der Waals surface area contributed by atoms with Crippen molar-refractivity contribution in [1.29, 1.82) is 0 Å². The molecule has 1 aromatic carbocycles. The average Bonchev–Trinajstić information content (AvgIpc) is 3.03. The Balaban J connectivity index is 2.03. The van der Waals surface area contributed by atoms with E-state index in [-0.39, 0.29) is 0 Å². The molecule has 0 aliphatic heterocycles. The van der Waals surface area contributed by atoms with Gasteiger partial charge in [-0.25, -0.2) is 0 Å². The SMILES string of the molecule is C=C(Br)CNC(c1ccccc1)C1CC1. The number of halogens is 1. The van der Waals surface area contributed by atoms with E-state index in [2.05, 4.69) is 58.2 Å². The van der Waals surface area contributed by atoms with E-state index in [4.69, 9.17) is 0 Å². The van der Waals surface area contributed by atoms with Crippen molar-refractivity contribution < 1.29 is 0 Å². The van der Waals surface area contributed by atoms with Crippen LogP contribution in [0.1, 0.15) is 24.4 Å². The molecule has 2 rings (SSSR count). The van der Waals surface area contributed by atoms with Gasteiger partial charge in [-0.1, -0.05) is 52.8 Å². The second kappa shape index (κ2) is 4.95. The summed E-state index contributed by atoms with van der Waals surface area (Å²) in [6.45, 7) is 4.70. The third kappa shape index (κ3) is 3.18. The van der Waals surface area contributed by atoms with Crippen LogP contribution < -0.4 is 5.32 Å². The Hall–Kier alpha value is -0.600. The van der Waals surface area contributed by atoms with E-state index in [9.17, 15) is 0 Å². The van der Waals surface area contributed by atoms with Crippen LogP contribution in [0.3, 0.4) is 0 Å². The fraction of sp³-hybridized carbons (Fsp3) is 0.385. The molecule has 1 N–H and O–H groups in total. The lowest BCUT2D eigenvalue weighted by Crippen LogP contribution is -2.24. The molecule has 0 radical (unpaired) electrons. The zero-order valence-electron chi connectivity index (χ0n) is 8.75. The van der Waals surface area contributed by atoms with Crippen molar-refractivity contribution >= 4 is 15.9 Å². The third-order valence-corrected chi connectivity index (χ3v) is 3.05. The van der Waals surface area contributed by atoms with Crippen molar-refractivity contribution in [2.45, 2.75) is 18.9 Å². The minimum Gasteiger partial charge on any atom is -0.305 e. The van der Waals surface area contributed by atoms with Crippen molar-refractivity contribution in [1.82, 2.24) is 5.32 Å². The molecule has 1 fully saturated rings. The van der Waals surface area contributed by atoms with Crippen molar-refractivity contribution in [3.63, 3.8) is 0 Å². The van der Waals surface area contributed by atoms with Gasteiger partial charge < -0.3 is 5.32 Å². The number of hydrogen-bond donors (Lipinski definition) is 1. The Morgan fingerprint density at radius 3 is 2.60 bits per heavy atom. The summed E-state index contributed by atoms with van der Waals surface area (Å²) in [4.78, 5) is 0. The maximum atomic E-state index is 3.85. The number of benzene rings is 1. The summed E-state index contributed by atoms with van der Waals surface area (Å²) in [5.41, 5.74) is 1.40. The van der Waals surface area contributed by atoms with Gasteiger partial charge >= 0.3 is 0 Å². The quantitative estimate of drug-likeness (QED) is 0.858. The van der Waals surface area contributed by atoms with Crippen LogP contribution in [0.15, 0.2) is 41.4 Å². The van der Waals surface area contributed by atoms with E-state index >= 15 is 0 Å². The fourth-order valence-corrected chi connectivity index (χ4v) is 2.03. The fourth-order valence-electron chi connectivity index (χ4n) is 1.87. The molecule has 0 aromatic heterocycles. The first-order valence-corrected chi connectivity index (χ1v) is 6.18. The molecule has 1 aromatic rings. The smallest absolute Gasteiger partial charge is 0.0351 e. The Kier molecular flexibility index (Phi) is 3.60. The van der Waals surface area contributed by atoms with Crippen LogP contribution in [0.5, 0.6) is 0 Å². The Bertz CT molecular complexity index is 330. The van der Waals surface area contributed by atoms with Gasteiger partial charge in [-0.15, -0.1) is 0 Å². The molecule has 0 heterocycles. The molecule has 0 amide bonds. The Labute approximate surface area is 99.7 Å². The first-order chi connectivity index (χ1) is 7.27. The monoisotopic (exact) mass is 265 g/mol. The lowest BCUT2D eigenvalue weighted by molar-refractivity contribution is 0.506. The molecule has 1 atom stereocenters. The van der Waals surface area contributed by atoms with Crippen molar-refractivity contribution in [3.05, 3.63) is 47.0 Å². The lowest BCUT2D eigenvalue weighted by atomic mass is 10.0. The van der Waals surface area contributed by atoms with Crippen LogP contribution in [0.4, 0.5) is 0 Å². The van der Waals surface area contributed by atoms with Gasteiger partial charge in [0, 0.05) is 17.1 Å². The van der Waals surface area contributed by atoms with Gasteiger partial charge in [-0.3, -0.25) is 0 Å². The molecular formula is C13H16BrN. The van der Waals surface area contributed by atoms with E-state index in [0.29, 0.717) is 6.04 Å². The second-order valence-electron chi connectivity index (χ2n) is 4.12. The largest absolute Gasteiger partial charge is 0.305 e. The van der Waals surface area contributed by atoms with E-state index in [1.165, 1.54) is 18.4 Å². The van der Waals surface area contributed by atoms with Crippen molar-refractivity contribution in [2.24, 2.45) is 5.92 Å². The highest BCUT2D eigenvalue weighted by molar-refractivity contribution is 9.11. The highest BCUT2D eigenvalue weighted by atomic mass is 79.9. The minimum atomic E-state index is 0.500. The molecule has 0 spiro atoms. The number of nitrogens with one attached hydrogen (secondary N) is 1. The number of hydrogen-bond acceptors (Lipinski definition) is 1. The van der Waals surface area contributed by atoms with Gasteiger partial charge in [-0.05, 0) is 24.3 Å². The first-order valence-electron chi connectivity index (χ1n) is 5.39. The summed E-state index contributed by atoms with van der Waals surface area (Å²) in [7, 11) is 0. The molecule has 1 unspecified atom stereocenters. The Morgan fingerprint density at radius 2 is 2.07 bits per heavy atom. The molecular weight excluding hydrogens is 250 g/mol. The average molecular weight is 266 g/mol. The standard InChI is InChI=1S/C13H16BrN/c1-10(14)9-15-13(12-7-8-12)11-5-3-2-4-6-11/h2-6,12-13,15H,1,7-9H2. The van der Waals surface area contributed by atoms with Gasteiger partial charge in [0.25, 0.3) is 0 Å². The first kappa shape index (κ1) is 10.9. The van der Waals surface area contributed by atoms with Crippen LogP contribution in [-0.4, -0.2) is 6.54 Å². The second-order valence-corrected chi connectivity index (χ2v) is 5.25. The Morgan fingerprint density at radius 1 is 1.40 bits per heavy atom. The zero-order valence-corrected chi connectivity index (χ0v) is 10.3. The maximum absolute atomic E-state index is 3.85. The van der Waals surface area contributed by atoms with Crippen molar-refractivity contribution in [2.75, 3.05) is 6.54 Å². The van der Waals surface area contributed by atoms with Gasteiger partial charge in [0.05, 0.1) is 0 Å². The molecule has 80 valence electrons. The van der Waals surface area contributed by atoms with Gasteiger partial charge in [0.1, 0.15) is 0 Å². The molecule has 1 aliphatic carbocycles. The molecule has 2 heteroatoms. The molecule has 15 heavy (non-hydrogen) atoms. The van der Waals surface area contributed by atoms with Gasteiger partial charge in [-0.2, -0.15) is 0 Å². The highest BCUT2D eigenvalue weighted by Crippen LogP contribution is 2.40. The van der Waals surface area contributed by atoms with Gasteiger partial charge in [0.15, 0.2) is 0 Å². The van der Waals surface area contributed by atoms with Gasteiger partial charge in [0.2, 0.25) is 0 Å². The van der Waals surface area contributed by atoms with Crippen LogP contribution >= 0.6 is 15.9 Å². The summed E-state index contributed by atoms with van der Waals surface area (Å²) in [6, 6.07) is 11.2. The summed E-state index contributed by atoms with van der Waals surface area (Å²) in [6.07, 6.45) is 2.70. The molecule has 1 aliphatic rings. The summed E-state index contributed by atoms with van der Waals surface area (Å²) >= 11 is 3.39. The van der Waals surface area contributed by atoms with Crippen LogP contribution in [0.2, 0.25) is 0 Å². The predicted molar refractivity (Wildman–Crippen MR) is 68.0 cm³/mol. The highest BCUT2D eigenvalue weighted by Gasteiger charge is 2.31. The summed E-state index contributed by atoms with van der Waals surface area (Å²) < 4.78 is 1.02. The van der Waals surface area contributed by atoms with Crippen molar-refractivity contribution in [3.8, 4) is 0 Å². The molecule has 0 bridgehead atoms. The third-order valence-electron chi connectivity index (χ3n) is 2.77. The number of rotatable bonds is 5. The minimum absolute atomic E-state index is 0.500. The lowest BCUT2D eigenvalue weighted by Gasteiger charge is -2.18. The van der Waals surface area contributed by atoms with E-state index in [0.717, 1.165) is 16.9 Å². The van der Waals surface area contributed by atoms with E-state index in [1.807, 2.05) is 0 Å². The maximum Gasteiger partial charge on any atom is 0.0351 e. The predicted octanol–water partition coefficient (Wildman–Crippen LogP) is 3.64. The summed E-state index contributed by atoms with van der Waals surface area (Å²) in [5, 5.41) is 3.55. The summed E-state index contributed by atoms with van der Waals surface area (Å²) in [5.74, 6) is 0.819. The molecule has 0 saturated heterocycles. The zero-order chi connectivity index (χ0) is 10.7. The van der Waals surface area contributed by atoms with E-state index in [1.54, 1.807) is 0 Å². The van der Waals surface area contributed by atoms with E-state index < -0.39 is 0 Å².